The van der Waals surface area contributed by atoms with Gasteiger partial charge in [-0.25, -0.2) is 0 Å². The van der Waals surface area contributed by atoms with Gasteiger partial charge >= 0.3 is 0 Å². The van der Waals surface area contributed by atoms with E-state index in [-0.39, 0.29) is 17.9 Å². The predicted octanol–water partition coefficient (Wildman–Crippen LogP) is 1.83. The fourth-order valence-corrected chi connectivity index (χ4v) is 2.56. The average Bonchev–Trinajstić information content (AvgIpc) is 2.48. The molecular formula is C16H22N2O3. The molecule has 2 amide bonds. The summed E-state index contributed by atoms with van der Waals surface area (Å²) in [5.41, 5.74) is 0.677. The molecule has 1 heterocycles. The summed E-state index contributed by atoms with van der Waals surface area (Å²) in [5.74, 6) is 0.809. The first kappa shape index (κ1) is 15.4. The maximum atomic E-state index is 12.4. The van der Waals surface area contributed by atoms with E-state index in [2.05, 4.69) is 5.32 Å². The van der Waals surface area contributed by atoms with Crippen LogP contribution in [0.4, 0.5) is 0 Å². The van der Waals surface area contributed by atoms with Crippen molar-refractivity contribution >= 4 is 11.8 Å². The Balaban J connectivity index is 1.90. The maximum Gasteiger partial charge on any atom is 0.253 e. The molecule has 1 aliphatic rings. The normalized spacial score (nSPS) is 15.6. The van der Waals surface area contributed by atoms with Crippen LogP contribution in [0.5, 0.6) is 5.75 Å². The van der Waals surface area contributed by atoms with E-state index in [4.69, 9.17) is 4.74 Å². The van der Waals surface area contributed by atoms with Crippen LogP contribution < -0.4 is 10.1 Å². The lowest BCUT2D eigenvalue weighted by molar-refractivity contribution is -0.119. The number of hydrogen-bond acceptors (Lipinski definition) is 3. The molecule has 21 heavy (non-hydrogen) atoms. The summed E-state index contributed by atoms with van der Waals surface area (Å²) in [5, 5.41) is 2.91. The molecule has 0 atom stereocenters. The first-order valence-electron chi connectivity index (χ1n) is 7.39. The van der Waals surface area contributed by atoms with Crippen molar-refractivity contribution in [2.45, 2.75) is 32.7 Å². The summed E-state index contributed by atoms with van der Waals surface area (Å²) in [6.45, 7) is 5.42. The molecule has 0 radical (unpaired) electrons. The number of likely N-dealkylation sites (tertiary alicyclic amines) is 1. The summed E-state index contributed by atoms with van der Waals surface area (Å²) in [6.07, 6.45) is 1.62. The van der Waals surface area contributed by atoms with E-state index < -0.39 is 0 Å². The van der Waals surface area contributed by atoms with Crippen molar-refractivity contribution in [1.82, 2.24) is 10.2 Å². The molecule has 1 N–H and O–H groups in total. The third-order valence-electron chi connectivity index (χ3n) is 3.60. The standard InChI is InChI=1S/C16H22N2O3/c1-3-21-15-6-4-13(5-7-15)16(20)18-10-8-14(9-11-18)17-12(2)19/h4-7,14H,3,8-11H2,1-2H3,(H,17,19). The largest absolute Gasteiger partial charge is 0.494 e. The van der Waals surface area contributed by atoms with Gasteiger partial charge in [0.25, 0.3) is 5.91 Å². The molecule has 5 nitrogen and oxygen atoms in total. The second-order valence-corrected chi connectivity index (χ2v) is 5.22. The number of hydrogen-bond donors (Lipinski definition) is 1. The summed E-state index contributed by atoms with van der Waals surface area (Å²) in [7, 11) is 0. The number of benzene rings is 1. The van der Waals surface area contributed by atoms with Crippen LogP contribution in [0.3, 0.4) is 0 Å². The van der Waals surface area contributed by atoms with Gasteiger partial charge < -0.3 is 15.0 Å². The Morgan fingerprint density at radius 2 is 1.86 bits per heavy atom. The van der Waals surface area contributed by atoms with Gasteiger partial charge in [-0.15, -0.1) is 0 Å². The molecule has 5 heteroatoms. The third kappa shape index (κ3) is 4.21. The van der Waals surface area contributed by atoms with Gasteiger partial charge in [0.2, 0.25) is 5.91 Å². The van der Waals surface area contributed by atoms with Gasteiger partial charge in [0.1, 0.15) is 5.75 Å². The summed E-state index contributed by atoms with van der Waals surface area (Å²) in [6, 6.07) is 7.43. The second-order valence-electron chi connectivity index (χ2n) is 5.22. The molecule has 1 saturated heterocycles. The molecule has 114 valence electrons. The maximum absolute atomic E-state index is 12.4. The molecule has 0 aliphatic carbocycles. The van der Waals surface area contributed by atoms with E-state index in [0.717, 1.165) is 18.6 Å². The van der Waals surface area contributed by atoms with E-state index in [1.807, 2.05) is 24.0 Å². The molecule has 1 aromatic rings. The van der Waals surface area contributed by atoms with Crippen molar-refractivity contribution in [2.75, 3.05) is 19.7 Å². The molecule has 1 aromatic carbocycles. The van der Waals surface area contributed by atoms with Gasteiger partial charge in [0.15, 0.2) is 0 Å². The van der Waals surface area contributed by atoms with Crippen LogP contribution in [-0.2, 0) is 4.79 Å². The number of amides is 2. The van der Waals surface area contributed by atoms with Gasteiger partial charge in [0.05, 0.1) is 6.61 Å². The highest BCUT2D eigenvalue weighted by atomic mass is 16.5. The van der Waals surface area contributed by atoms with Crippen molar-refractivity contribution < 1.29 is 14.3 Å². The lowest BCUT2D eigenvalue weighted by atomic mass is 10.0. The summed E-state index contributed by atoms with van der Waals surface area (Å²) in [4.78, 5) is 25.3. The van der Waals surface area contributed by atoms with Gasteiger partial charge in [0, 0.05) is 31.6 Å². The first-order valence-corrected chi connectivity index (χ1v) is 7.39. The zero-order valence-corrected chi connectivity index (χ0v) is 12.6. The Kier molecular flexibility index (Phi) is 5.20. The van der Waals surface area contributed by atoms with E-state index >= 15 is 0 Å². The fourth-order valence-electron chi connectivity index (χ4n) is 2.56. The number of nitrogens with zero attached hydrogens (tertiary/aromatic N) is 1. The van der Waals surface area contributed by atoms with Crippen molar-refractivity contribution in [2.24, 2.45) is 0 Å². The van der Waals surface area contributed by atoms with Gasteiger partial charge in [-0.3, -0.25) is 9.59 Å². The molecule has 0 saturated carbocycles. The Labute approximate surface area is 125 Å². The van der Waals surface area contributed by atoms with Crippen molar-refractivity contribution in [3.63, 3.8) is 0 Å². The number of carbonyl (C=O) groups excluding carboxylic acids is 2. The van der Waals surface area contributed by atoms with Crippen LogP contribution in [-0.4, -0.2) is 42.5 Å². The smallest absolute Gasteiger partial charge is 0.253 e. The average molecular weight is 290 g/mol. The van der Waals surface area contributed by atoms with Crippen LogP contribution in [0, 0.1) is 0 Å². The lowest BCUT2D eigenvalue weighted by Crippen LogP contribution is -2.46. The predicted molar refractivity (Wildman–Crippen MR) is 80.4 cm³/mol. The molecule has 0 bridgehead atoms. The molecule has 0 unspecified atom stereocenters. The monoisotopic (exact) mass is 290 g/mol. The SMILES string of the molecule is CCOc1ccc(C(=O)N2CCC(NC(C)=O)CC2)cc1. The number of nitrogens with one attached hydrogen (secondary N) is 1. The Morgan fingerprint density at radius 3 is 2.38 bits per heavy atom. The molecule has 2 rings (SSSR count). The van der Waals surface area contributed by atoms with Crippen LogP contribution in [0.1, 0.15) is 37.0 Å². The van der Waals surface area contributed by atoms with Crippen molar-refractivity contribution in [1.29, 1.82) is 0 Å². The molecule has 0 aromatic heterocycles. The molecule has 0 spiro atoms. The van der Waals surface area contributed by atoms with Gasteiger partial charge in [-0.1, -0.05) is 0 Å². The number of carbonyl (C=O) groups is 2. The highest BCUT2D eigenvalue weighted by Gasteiger charge is 2.23. The Hall–Kier alpha value is -2.04. The molecule has 1 aliphatic heterocycles. The Bertz CT molecular complexity index is 491. The van der Waals surface area contributed by atoms with Crippen LogP contribution in [0.15, 0.2) is 24.3 Å². The number of ether oxygens (including phenoxy) is 1. The van der Waals surface area contributed by atoms with Crippen LogP contribution in [0.2, 0.25) is 0 Å². The van der Waals surface area contributed by atoms with Crippen LogP contribution >= 0.6 is 0 Å². The zero-order valence-electron chi connectivity index (χ0n) is 12.6. The van der Waals surface area contributed by atoms with E-state index in [1.165, 1.54) is 6.92 Å². The molecular weight excluding hydrogens is 268 g/mol. The fraction of sp³-hybridized carbons (Fsp3) is 0.500. The highest BCUT2D eigenvalue weighted by molar-refractivity contribution is 5.94. The van der Waals surface area contributed by atoms with Crippen LogP contribution in [0.25, 0.3) is 0 Å². The van der Waals surface area contributed by atoms with E-state index in [0.29, 0.717) is 25.3 Å². The number of piperidine rings is 1. The molecule has 1 fully saturated rings. The Morgan fingerprint density at radius 1 is 1.24 bits per heavy atom. The highest BCUT2D eigenvalue weighted by Crippen LogP contribution is 2.17. The topological polar surface area (TPSA) is 58.6 Å². The first-order chi connectivity index (χ1) is 10.1. The third-order valence-corrected chi connectivity index (χ3v) is 3.60. The second kappa shape index (κ2) is 7.11. The lowest BCUT2D eigenvalue weighted by Gasteiger charge is -2.32. The van der Waals surface area contributed by atoms with Gasteiger partial charge in [-0.2, -0.15) is 0 Å². The van der Waals surface area contributed by atoms with Gasteiger partial charge in [-0.05, 0) is 44.0 Å². The zero-order chi connectivity index (χ0) is 15.2. The van der Waals surface area contributed by atoms with Crippen molar-refractivity contribution in [3.05, 3.63) is 29.8 Å². The summed E-state index contributed by atoms with van der Waals surface area (Å²) < 4.78 is 5.37. The van der Waals surface area contributed by atoms with Crippen molar-refractivity contribution in [3.8, 4) is 5.75 Å². The van der Waals surface area contributed by atoms with E-state index in [1.54, 1.807) is 12.1 Å². The minimum absolute atomic E-state index is 0.00807. The minimum Gasteiger partial charge on any atom is -0.494 e. The number of rotatable bonds is 4. The van der Waals surface area contributed by atoms with E-state index in [9.17, 15) is 9.59 Å². The summed E-state index contributed by atoms with van der Waals surface area (Å²) >= 11 is 0. The quantitative estimate of drug-likeness (QED) is 0.920. The minimum atomic E-state index is -0.00807.